The van der Waals surface area contributed by atoms with E-state index in [-0.39, 0.29) is 5.91 Å². The van der Waals surface area contributed by atoms with Gasteiger partial charge in [-0.15, -0.1) is 0 Å². The van der Waals surface area contributed by atoms with E-state index in [2.05, 4.69) is 17.1 Å². The minimum atomic E-state index is -0.405. The number of rotatable bonds is 7. The minimum absolute atomic E-state index is 0.118. The van der Waals surface area contributed by atoms with Gasteiger partial charge < -0.3 is 15.8 Å². The van der Waals surface area contributed by atoms with E-state index in [1.165, 1.54) is 25.7 Å². The summed E-state index contributed by atoms with van der Waals surface area (Å²) in [6.45, 7) is 1.82. The lowest BCUT2D eigenvalue weighted by atomic mass is 9.84. The summed E-state index contributed by atoms with van der Waals surface area (Å²) < 4.78 is 5.41. The Morgan fingerprint density at radius 1 is 1.24 bits per heavy atom. The number of hydrogen-bond donors (Lipinski definition) is 2. The predicted octanol–water partition coefficient (Wildman–Crippen LogP) is 2.06. The maximum atomic E-state index is 12.1. The third kappa shape index (κ3) is 3.74. The molecule has 0 spiro atoms. The van der Waals surface area contributed by atoms with Crippen molar-refractivity contribution in [3.05, 3.63) is 0 Å². The smallest absolute Gasteiger partial charge is 0.238 e. The summed E-state index contributed by atoms with van der Waals surface area (Å²) in [4.78, 5) is 12.1. The molecule has 2 aliphatic carbocycles. The van der Waals surface area contributed by atoms with Crippen LogP contribution in [0.25, 0.3) is 0 Å². The summed E-state index contributed by atoms with van der Waals surface area (Å²) in [5, 5.41) is 4.35. The third-order valence-corrected chi connectivity index (χ3v) is 6.70. The lowest BCUT2D eigenvalue weighted by Gasteiger charge is -2.34. The Hall–Kier alpha value is -0.260. The number of amides is 1. The van der Waals surface area contributed by atoms with Crippen LogP contribution in [0.15, 0.2) is 0 Å². The maximum absolute atomic E-state index is 12.1. The van der Waals surface area contributed by atoms with Gasteiger partial charge in [-0.2, -0.15) is 11.8 Å². The van der Waals surface area contributed by atoms with Crippen molar-refractivity contribution in [3.63, 3.8) is 0 Å². The van der Waals surface area contributed by atoms with Crippen LogP contribution in [0.4, 0.5) is 0 Å². The standard InChI is InChI=1S/C16H28N2O2S/c17-15(19)16(18-13-3-4-13)8-1-2-12(16)7-11-21-14-5-9-20-10-6-14/h12-14,18H,1-11H2,(H2,17,19). The second-order valence-corrected chi connectivity index (χ2v) is 8.22. The number of carbonyl (C=O) groups excluding carboxylic acids is 1. The van der Waals surface area contributed by atoms with Crippen molar-refractivity contribution in [2.75, 3.05) is 19.0 Å². The van der Waals surface area contributed by atoms with Crippen molar-refractivity contribution in [3.8, 4) is 0 Å². The van der Waals surface area contributed by atoms with Crippen LogP contribution in [-0.2, 0) is 9.53 Å². The second kappa shape index (κ2) is 6.88. The van der Waals surface area contributed by atoms with Gasteiger partial charge in [0.1, 0.15) is 5.54 Å². The molecule has 0 aromatic carbocycles. The molecule has 2 saturated carbocycles. The van der Waals surface area contributed by atoms with Crippen LogP contribution in [-0.4, -0.2) is 41.7 Å². The highest BCUT2D eigenvalue weighted by Crippen LogP contribution is 2.41. The highest BCUT2D eigenvalue weighted by Gasteiger charge is 2.49. The average molecular weight is 312 g/mol. The van der Waals surface area contributed by atoms with Gasteiger partial charge in [-0.05, 0) is 56.6 Å². The molecule has 21 heavy (non-hydrogen) atoms. The summed E-state index contributed by atoms with van der Waals surface area (Å²) in [6, 6.07) is 0.543. The summed E-state index contributed by atoms with van der Waals surface area (Å²) in [5.41, 5.74) is 5.38. The minimum Gasteiger partial charge on any atom is -0.381 e. The molecule has 1 heterocycles. The van der Waals surface area contributed by atoms with Gasteiger partial charge >= 0.3 is 0 Å². The van der Waals surface area contributed by atoms with Crippen LogP contribution >= 0.6 is 11.8 Å². The van der Waals surface area contributed by atoms with Crippen LogP contribution in [0.5, 0.6) is 0 Å². The first-order valence-corrected chi connectivity index (χ1v) is 9.52. The Balaban J connectivity index is 1.51. The first-order valence-electron chi connectivity index (χ1n) is 8.47. The monoisotopic (exact) mass is 312 g/mol. The molecule has 3 aliphatic rings. The maximum Gasteiger partial charge on any atom is 0.238 e. The molecule has 0 aromatic heterocycles. The van der Waals surface area contributed by atoms with Crippen molar-refractivity contribution < 1.29 is 9.53 Å². The summed E-state index contributed by atoms with van der Waals surface area (Å²) >= 11 is 2.07. The summed E-state index contributed by atoms with van der Waals surface area (Å²) in [7, 11) is 0. The summed E-state index contributed by atoms with van der Waals surface area (Å²) in [6.07, 6.45) is 9.10. The topological polar surface area (TPSA) is 64.4 Å². The molecule has 5 heteroatoms. The highest BCUT2D eigenvalue weighted by molar-refractivity contribution is 7.99. The van der Waals surface area contributed by atoms with Crippen LogP contribution in [0.1, 0.15) is 51.4 Å². The van der Waals surface area contributed by atoms with E-state index in [0.29, 0.717) is 12.0 Å². The number of thioether (sulfide) groups is 1. The molecule has 2 atom stereocenters. The Labute approximate surface area is 131 Å². The van der Waals surface area contributed by atoms with E-state index in [4.69, 9.17) is 10.5 Å². The molecular formula is C16H28N2O2S. The van der Waals surface area contributed by atoms with E-state index in [0.717, 1.165) is 49.9 Å². The predicted molar refractivity (Wildman–Crippen MR) is 86.3 cm³/mol. The van der Waals surface area contributed by atoms with Gasteiger partial charge in [0.2, 0.25) is 5.91 Å². The molecule has 4 nitrogen and oxygen atoms in total. The largest absolute Gasteiger partial charge is 0.381 e. The molecular weight excluding hydrogens is 284 g/mol. The lowest BCUT2D eigenvalue weighted by Crippen LogP contribution is -2.58. The van der Waals surface area contributed by atoms with E-state index in [1.807, 2.05) is 0 Å². The fraction of sp³-hybridized carbons (Fsp3) is 0.938. The SMILES string of the molecule is NC(=O)C1(NC2CC2)CCCC1CCSC1CCOCC1. The van der Waals surface area contributed by atoms with Crippen LogP contribution < -0.4 is 11.1 Å². The van der Waals surface area contributed by atoms with E-state index >= 15 is 0 Å². The quantitative estimate of drug-likeness (QED) is 0.755. The van der Waals surface area contributed by atoms with Gasteiger partial charge in [-0.25, -0.2) is 0 Å². The van der Waals surface area contributed by atoms with Gasteiger partial charge in [0, 0.05) is 24.5 Å². The molecule has 3 rings (SSSR count). The average Bonchev–Trinajstić information content (AvgIpc) is 3.20. The van der Waals surface area contributed by atoms with Gasteiger partial charge in [0.15, 0.2) is 0 Å². The normalized spacial score (nSPS) is 34.2. The molecule has 1 aliphatic heterocycles. The molecule has 1 saturated heterocycles. The lowest BCUT2D eigenvalue weighted by molar-refractivity contribution is -0.126. The van der Waals surface area contributed by atoms with Gasteiger partial charge in [-0.3, -0.25) is 4.79 Å². The highest BCUT2D eigenvalue weighted by atomic mass is 32.2. The fourth-order valence-electron chi connectivity index (χ4n) is 3.87. The number of nitrogens with one attached hydrogen (secondary N) is 1. The molecule has 3 N–H and O–H groups in total. The van der Waals surface area contributed by atoms with E-state index in [1.54, 1.807) is 0 Å². The molecule has 2 unspecified atom stereocenters. The second-order valence-electron chi connectivity index (χ2n) is 6.81. The Morgan fingerprint density at radius 3 is 2.67 bits per heavy atom. The van der Waals surface area contributed by atoms with Gasteiger partial charge in [-0.1, -0.05) is 6.42 Å². The van der Waals surface area contributed by atoms with Crippen molar-refractivity contribution in [1.29, 1.82) is 0 Å². The van der Waals surface area contributed by atoms with E-state index in [9.17, 15) is 4.79 Å². The molecule has 0 radical (unpaired) electrons. The van der Waals surface area contributed by atoms with Gasteiger partial charge in [0.25, 0.3) is 0 Å². The number of hydrogen-bond acceptors (Lipinski definition) is 4. The van der Waals surface area contributed by atoms with Crippen LogP contribution in [0, 0.1) is 5.92 Å². The first-order chi connectivity index (χ1) is 10.2. The zero-order valence-corrected chi connectivity index (χ0v) is 13.6. The first kappa shape index (κ1) is 15.6. The summed E-state index contributed by atoms with van der Waals surface area (Å²) in [5.74, 6) is 1.47. The fourth-order valence-corrected chi connectivity index (χ4v) is 5.15. The Bertz CT molecular complexity index is 369. The number of primary amides is 1. The Morgan fingerprint density at radius 2 is 2.00 bits per heavy atom. The zero-order valence-electron chi connectivity index (χ0n) is 12.8. The number of nitrogens with two attached hydrogens (primary N) is 1. The molecule has 0 aromatic rings. The zero-order chi connectivity index (χ0) is 14.7. The molecule has 1 amide bonds. The van der Waals surface area contributed by atoms with Crippen LogP contribution in [0.2, 0.25) is 0 Å². The van der Waals surface area contributed by atoms with Crippen LogP contribution in [0.3, 0.4) is 0 Å². The molecule has 120 valence electrons. The Kier molecular flexibility index (Phi) is 5.12. The molecule has 0 bridgehead atoms. The molecule has 3 fully saturated rings. The van der Waals surface area contributed by atoms with Crippen molar-refractivity contribution in [1.82, 2.24) is 5.32 Å². The van der Waals surface area contributed by atoms with Crippen molar-refractivity contribution in [2.45, 2.75) is 68.2 Å². The van der Waals surface area contributed by atoms with Gasteiger partial charge in [0.05, 0.1) is 0 Å². The van der Waals surface area contributed by atoms with Crippen molar-refractivity contribution >= 4 is 17.7 Å². The van der Waals surface area contributed by atoms with Crippen molar-refractivity contribution in [2.24, 2.45) is 11.7 Å². The third-order valence-electron chi connectivity index (χ3n) is 5.29. The van der Waals surface area contributed by atoms with E-state index < -0.39 is 5.54 Å². The number of carbonyl (C=O) groups is 1. The number of ether oxygens (including phenoxy) is 1.